The molecule has 0 aliphatic carbocycles. The van der Waals surface area contributed by atoms with E-state index in [0.717, 1.165) is 0 Å². The van der Waals surface area contributed by atoms with E-state index in [4.69, 9.17) is 14.6 Å². The zero-order valence-electron chi connectivity index (χ0n) is 5.54. The first-order valence-electron chi connectivity index (χ1n) is 3.24. The molecule has 1 fully saturated rings. The number of aliphatic hydroxyl groups excluding tert-OH is 1. The first-order valence-corrected chi connectivity index (χ1v) is 3.24. The van der Waals surface area contributed by atoms with Gasteiger partial charge in [-0.15, -0.1) is 0 Å². The molecule has 0 bridgehead atoms. The molecule has 9 heavy (non-hydrogen) atoms. The van der Waals surface area contributed by atoms with Crippen molar-refractivity contribution in [1.82, 2.24) is 0 Å². The fraction of sp³-hybridized carbons (Fsp3) is 1.00. The Morgan fingerprint density at radius 2 is 2.56 bits per heavy atom. The lowest BCUT2D eigenvalue weighted by atomic mass is 10.3. The second kappa shape index (κ2) is 3.15. The Balaban J connectivity index is 2.14. The topological polar surface area (TPSA) is 38.7 Å². The molecule has 0 aromatic heterocycles. The first-order chi connectivity index (χ1) is 4.33. The van der Waals surface area contributed by atoms with E-state index in [-0.39, 0.29) is 12.4 Å². The minimum absolute atomic E-state index is 0.162. The maximum Gasteiger partial charge on any atom is 0.160 e. The van der Waals surface area contributed by atoms with Gasteiger partial charge in [0.2, 0.25) is 0 Å². The molecule has 1 aliphatic heterocycles. The summed E-state index contributed by atoms with van der Waals surface area (Å²) in [6.07, 6.45) is 0.139. The predicted molar refractivity (Wildman–Crippen MR) is 32.0 cm³/mol. The van der Waals surface area contributed by atoms with Crippen molar-refractivity contribution < 1.29 is 14.6 Å². The molecule has 0 aromatic rings. The minimum atomic E-state index is -0.318. The number of hydrogen-bond donors (Lipinski definition) is 1. The van der Waals surface area contributed by atoms with Gasteiger partial charge in [0.05, 0.1) is 12.7 Å². The summed E-state index contributed by atoms with van der Waals surface area (Å²) in [4.78, 5) is 0. The Morgan fingerprint density at radius 3 is 3.00 bits per heavy atom. The van der Waals surface area contributed by atoms with Crippen molar-refractivity contribution in [3.8, 4) is 0 Å². The predicted octanol–water partition coefficient (Wildman–Crippen LogP) is 0.130. The van der Waals surface area contributed by atoms with E-state index in [1.807, 2.05) is 6.92 Å². The Bertz CT molecular complexity index is 82.4. The van der Waals surface area contributed by atoms with Crippen LogP contribution in [0.25, 0.3) is 0 Å². The molecule has 0 radical (unpaired) electrons. The van der Waals surface area contributed by atoms with Gasteiger partial charge in [-0.2, -0.15) is 0 Å². The molecule has 0 spiro atoms. The van der Waals surface area contributed by atoms with E-state index in [1.165, 1.54) is 0 Å². The molecule has 0 amide bonds. The van der Waals surface area contributed by atoms with Gasteiger partial charge in [0.25, 0.3) is 0 Å². The van der Waals surface area contributed by atoms with Crippen molar-refractivity contribution in [1.29, 1.82) is 0 Å². The Kier molecular flexibility index (Phi) is 2.45. The number of rotatable bonds is 2. The van der Waals surface area contributed by atoms with E-state index in [2.05, 4.69) is 0 Å². The van der Waals surface area contributed by atoms with Crippen molar-refractivity contribution >= 4 is 0 Å². The summed E-state index contributed by atoms with van der Waals surface area (Å²) < 4.78 is 10.1. The SMILES string of the molecule is CCOC1CC(O)CO1. The third-order valence-electron chi connectivity index (χ3n) is 1.29. The van der Waals surface area contributed by atoms with Crippen LogP contribution in [0.5, 0.6) is 0 Å². The maximum absolute atomic E-state index is 8.92. The molecule has 2 unspecified atom stereocenters. The molecule has 1 saturated heterocycles. The van der Waals surface area contributed by atoms with Gasteiger partial charge in [0.15, 0.2) is 6.29 Å². The van der Waals surface area contributed by atoms with Crippen LogP contribution in [0.2, 0.25) is 0 Å². The highest BCUT2D eigenvalue weighted by molar-refractivity contribution is 4.64. The highest BCUT2D eigenvalue weighted by atomic mass is 16.7. The van der Waals surface area contributed by atoms with Crippen LogP contribution in [-0.4, -0.2) is 30.7 Å². The van der Waals surface area contributed by atoms with Crippen LogP contribution in [0.3, 0.4) is 0 Å². The monoisotopic (exact) mass is 132 g/mol. The summed E-state index contributed by atoms with van der Waals surface area (Å²) in [6.45, 7) is 2.98. The van der Waals surface area contributed by atoms with Gasteiger partial charge in [0.1, 0.15) is 0 Å². The average Bonchev–Trinajstić information content (AvgIpc) is 2.17. The van der Waals surface area contributed by atoms with Crippen LogP contribution in [-0.2, 0) is 9.47 Å². The second-order valence-corrected chi connectivity index (χ2v) is 2.11. The molecule has 1 rings (SSSR count). The largest absolute Gasteiger partial charge is 0.391 e. The van der Waals surface area contributed by atoms with E-state index in [0.29, 0.717) is 19.6 Å². The van der Waals surface area contributed by atoms with Gasteiger partial charge in [-0.05, 0) is 6.92 Å². The molecule has 2 atom stereocenters. The third kappa shape index (κ3) is 1.93. The molecule has 1 heterocycles. The first kappa shape index (κ1) is 6.99. The van der Waals surface area contributed by atoms with Crippen molar-refractivity contribution in [2.45, 2.75) is 25.7 Å². The fourth-order valence-electron chi connectivity index (χ4n) is 0.879. The van der Waals surface area contributed by atoms with Crippen LogP contribution in [0.15, 0.2) is 0 Å². The zero-order valence-corrected chi connectivity index (χ0v) is 5.54. The molecular formula is C6H12O3. The van der Waals surface area contributed by atoms with Gasteiger partial charge < -0.3 is 14.6 Å². The van der Waals surface area contributed by atoms with E-state index in [9.17, 15) is 0 Å². The molecule has 3 nitrogen and oxygen atoms in total. The van der Waals surface area contributed by atoms with Crippen LogP contribution >= 0.6 is 0 Å². The van der Waals surface area contributed by atoms with E-state index >= 15 is 0 Å². The van der Waals surface area contributed by atoms with Crippen LogP contribution < -0.4 is 0 Å². The molecule has 0 aromatic carbocycles. The number of ether oxygens (including phenoxy) is 2. The normalized spacial score (nSPS) is 35.3. The Hall–Kier alpha value is -0.120. The maximum atomic E-state index is 8.92. The quantitative estimate of drug-likeness (QED) is 0.580. The van der Waals surface area contributed by atoms with E-state index in [1.54, 1.807) is 0 Å². The number of hydrogen-bond acceptors (Lipinski definition) is 3. The number of aliphatic hydroxyl groups is 1. The summed E-state index contributed by atoms with van der Waals surface area (Å²) in [6, 6.07) is 0. The smallest absolute Gasteiger partial charge is 0.160 e. The van der Waals surface area contributed by atoms with Crippen molar-refractivity contribution in [2.24, 2.45) is 0 Å². The average molecular weight is 132 g/mol. The van der Waals surface area contributed by atoms with Crippen molar-refractivity contribution in [3.05, 3.63) is 0 Å². The van der Waals surface area contributed by atoms with Gasteiger partial charge in [0, 0.05) is 13.0 Å². The lowest BCUT2D eigenvalue weighted by molar-refractivity contribution is -0.106. The summed E-state index contributed by atoms with van der Waals surface area (Å²) in [7, 11) is 0. The molecule has 54 valence electrons. The summed E-state index contributed by atoms with van der Waals surface area (Å²) >= 11 is 0. The fourth-order valence-corrected chi connectivity index (χ4v) is 0.879. The van der Waals surface area contributed by atoms with Gasteiger partial charge in [-0.25, -0.2) is 0 Å². The highest BCUT2D eigenvalue weighted by Gasteiger charge is 2.22. The zero-order chi connectivity index (χ0) is 6.69. The summed E-state index contributed by atoms with van der Waals surface area (Å²) in [5, 5.41) is 8.92. The van der Waals surface area contributed by atoms with Crippen LogP contribution in [0.4, 0.5) is 0 Å². The lowest BCUT2D eigenvalue weighted by Crippen LogP contribution is -2.10. The molecule has 0 saturated carbocycles. The molecule has 3 heteroatoms. The molecule has 1 N–H and O–H groups in total. The molecule has 1 aliphatic rings. The van der Waals surface area contributed by atoms with Gasteiger partial charge in [-0.3, -0.25) is 0 Å². The minimum Gasteiger partial charge on any atom is -0.391 e. The van der Waals surface area contributed by atoms with Crippen molar-refractivity contribution in [3.63, 3.8) is 0 Å². The molecular weight excluding hydrogens is 120 g/mol. The van der Waals surface area contributed by atoms with Crippen molar-refractivity contribution in [2.75, 3.05) is 13.2 Å². The Morgan fingerprint density at radius 1 is 1.78 bits per heavy atom. The highest BCUT2D eigenvalue weighted by Crippen LogP contribution is 2.13. The lowest BCUT2D eigenvalue weighted by Gasteiger charge is -2.06. The third-order valence-corrected chi connectivity index (χ3v) is 1.29. The Labute approximate surface area is 54.6 Å². The summed E-state index contributed by atoms with van der Waals surface area (Å²) in [5.74, 6) is 0. The van der Waals surface area contributed by atoms with Gasteiger partial charge in [-0.1, -0.05) is 0 Å². The summed E-state index contributed by atoms with van der Waals surface area (Å²) in [5.41, 5.74) is 0. The second-order valence-electron chi connectivity index (χ2n) is 2.11. The van der Waals surface area contributed by atoms with Crippen LogP contribution in [0.1, 0.15) is 13.3 Å². The van der Waals surface area contributed by atoms with Gasteiger partial charge >= 0.3 is 0 Å². The van der Waals surface area contributed by atoms with Crippen LogP contribution in [0, 0.1) is 0 Å². The standard InChI is InChI=1S/C6H12O3/c1-2-8-6-3-5(7)4-9-6/h5-7H,2-4H2,1H3. The van der Waals surface area contributed by atoms with E-state index < -0.39 is 0 Å².